The lowest BCUT2D eigenvalue weighted by atomic mass is 9.65. The Morgan fingerprint density at radius 1 is 0.188 bits per heavy atom. The molecule has 0 saturated carbocycles. The van der Waals surface area contributed by atoms with Gasteiger partial charge in [-0.05, 0) is 184 Å². The van der Waals surface area contributed by atoms with Crippen LogP contribution >= 0.6 is 0 Å². The van der Waals surface area contributed by atoms with E-state index >= 15 is 0 Å². The zero-order chi connectivity index (χ0) is 54.5. The van der Waals surface area contributed by atoms with E-state index in [9.17, 15) is 0 Å². The molecule has 80 heavy (non-hydrogen) atoms. The fourth-order valence-corrected chi connectivity index (χ4v) is 14.3. The highest BCUT2D eigenvalue weighted by molar-refractivity contribution is 5.98. The summed E-state index contributed by atoms with van der Waals surface area (Å²) in [7, 11) is 0. The molecule has 11 aromatic carbocycles. The molecule has 15 rings (SSSR count). The van der Waals surface area contributed by atoms with Gasteiger partial charge in [0.15, 0.2) is 0 Å². The first-order chi connectivity index (χ1) is 38.7. The topological polar surface area (TPSA) is 6.48 Å². The van der Waals surface area contributed by atoms with E-state index in [2.05, 4.69) is 308 Å². The maximum absolute atomic E-state index is 2.59. The molecule has 386 valence electrons. The molecular formula is C78H64N2. The van der Waals surface area contributed by atoms with Gasteiger partial charge in [0.2, 0.25) is 0 Å². The second-order valence-electron chi connectivity index (χ2n) is 25.0. The van der Waals surface area contributed by atoms with Gasteiger partial charge in [-0.2, -0.15) is 0 Å². The van der Waals surface area contributed by atoms with E-state index in [1.807, 2.05) is 0 Å². The molecule has 4 aliphatic rings. The average molecular weight is 1030 g/mol. The van der Waals surface area contributed by atoms with Crippen molar-refractivity contribution in [2.24, 2.45) is 0 Å². The molecule has 0 N–H and O–H groups in total. The Hall–Kier alpha value is -8.98. The fourth-order valence-electron chi connectivity index (χ4n) is 14.3. The van der Waals surface area contributed by atoms with Gasteiger partial charge in [-0.25, -0.2) is 0 Å². The third-order valence-corrected chi connectivity index (χ3v) is 19.0. The quantitative estimate of drug-likeness (QED) is 0.164. The van der Waals surface area contributed by atoms with Gasteiger partial charge in [-0.3, -0.25) is 0 Å². The normalized spacial score (nSPS) is 15.8. The molecule has 0 amide bonds. The van der Waals surface area contributed by atoms with Gasteiger partial charge in [0.1, 0.15) is 0 Å². The first-order valence-electron chi connectivity index (χ1n) is 28.6. The van der Waals surface area contributed by atoms with Crippen LogP contribution in [-0.4, -0.2) is 0 Å². The van der Waals surface area contributed by atoms with E-state index in [4.69, 9.17) is 0 Å². The van der Waals surface area contributed by atoms with Crippen LogP contribution in [0.2, 0.25) is 0 Å². The SMILES string of the molecule is CC1(C)c2cc(-c3ccccc3)ccc2N2c3ccc(-c4ccccc4)cc3C(C)(C)c3cc(-c4ccc(-c5cc6c7c(c5)C(C)(C)c5cc(-c8ccccc8)ccc5N7c5ccc(-c7ccccc7)cc5C6(C)C)cc4)cc1c32. The second kappa shape index (κ2) is 17.3. The molecule has 4 aliphatic heterocycles. The molecule has 0 unspecified atom stereocenters. The Kier molecular flexibility index (Phi) is 10.4. The van der Waals surface area contributed by atoms with Crippen molar-refractivity contribution in [1.29, 1.82) is 0 Å². The van der Waals surface area contributed by atoms with Crippen LogP contribution in [0.15, 0.2) is 243 Å². The zero-order valence-electron chi connectivity index (χ0n) is 47.0. The highest BCUT2D eigenvalue weighted by Crippen LogP contribution is 2.64. The molecule has 2 heteroatoms. The molecule has 0 saturated heterocycles. The molecular weight excluding hydrogens is 965 g/mol. The Labute approximate surface area is 472 Å². The van der Waals surface area contributed by atoms with Crippen molar-refractivity contribution >= 4 is 34.1 Å². The lowest BCUT2D eigenvalue weighted by Crippen LogP contribution is -2.38. The van der Waals surface area contributed by atoms with Crippen LogP contribution < -0.4 is 9.80 Å². The van der Waals surface area contributed by atoms with Gasteiger partial charge in [0, 0.05) is 21.7 Å². The Balaban J connectivity index is 0.890. The molecule has 11 aromatic rings. The molecule has 0 aliphatic carbocycles. The lowest BCUT2D eigenvalue weighted by molar-refractivity contribution is 0.597. The summed E-state index contributed by atoms with van der Waals surface area (Å²) < 4.78 is 0. The van der Waals surface area contributed by atoms with Crippen molar-refractivity contribution in [3.8, 4) is 66.8 Å². The van der Waals surface area contributed by atoms with E-state index < -0.39 is 0 Å². The minimum atomic E-state index is -0.298. The van der Waals surface area contributed by atoms with E-state index in [0.29, 0.717) is 0 Å². The standard InChI is InChI=1S/C78H64N2/c1-75(2)61-41-55(49-21-13-9-14-22-49)33-37-69(61)79-70-38-34-56(50-23-15-10-16-24-50)42-62(70)76(3,4)66-46-59(45-65(75)73(66)79)53-29-31-54(32-30-53)60-47-67-74-68(48-60)78(7,8)64-44-58(52-27-19-12-20-28-52)36-40-72(64)80(74)71-39-35-57(43-63(71)77(67,5)6)51-25-17-11-18-26-51/h9-48H,1-8H3. The van der Waals surface area contributed by atoms with Crippen LogP contribution in [-0.2, 0) is 21.7 Å². The number of hydrogen-bond donors (Lipinski definition) is 0. The summed E-state index contributed by atoms with van der Waals surface area (Å²) in [6.45, 7) is 19.5. The number of benzene rings is 11. The molecule has 4 heterocycles. The largest absolute Gasteiger partial charge is 0.309 e. The smallest absolute Gasteiger partial charge is 0.0544 e. The summed E-state index contributed by atoms with van der Waals surface area (Å²) in [5.41, 5.74) is 32.0. The minimum absolute atomic E-state index is 0.298. The maximum atomic E-state index is 2.59. The van der Waals surface area contributed by atoms with E-state index in [1.54, 1.807) is 0 Å². The second-order valence-corrected chi connectivity index (χ2v) is 25.0. The highest BCUT2D eigenvalue weighted by atomic mass is 15.2. The zero-order valence-corrected chi connectivity index (χ0v) is 47.0. The van der Waals surface area contributed by atoms with Crippen LogP contribution in [0, 0.1) is 0 Å². The molecule has 0 aromatic heterocycles. The van der Waals surface area contributed by atoms with E-state index in [0.717, 1.165) is 0 Å². The van der Waals surface area contributed by atoms with Gasteiger partial charge in [-0.15, -0.1) is 0 Å². The van der Waals surface area contributed by atoms with Crippen LogP contribution in [0.3, 0.4) is 0 Å². The summed E-state index contributed by atoms with van der Waals surface area (Å²) in [5, 5.41) is 0. The van der Waals surface area contributed by atoms with Gasteiger partial charge in [0.05, 0.1) is 34.1 Å². The highest BCUT2D eigenvalue weighted by Gasteiger charge is 2.48. The summed E-state index contributed by atoms with van der Waals surface area (Å²) in [6, 6.07) is 91.6. The van der Waals surface area contributed by atoms with Gasteiger partial charge in [0.25, 0.3) is 0 Å². The Bertz CT molecular complexity index is 3790. The first-order valence-corrected chi connectivity index (χ1v) is 28.6. The van der Waals surface area contributed by atoms with Gasteiger partial charge < -0.3 is 9.80 Å². The van der Waals surface area contributed by atoms with Gasteiger partial charge >= 0.3 is 0 Å². The van der Waals surface area contributed by atoms with Crippen molar-refractivity contribution in [3.05, 3.63) is 287 Å². The molecule has 0 bridgehead atoms. The minimum Gasteiger partial charge on any atom is -0.309 e. The number of hydrogen-bond acceptors (Lipinski definition) is 2. The predicted molar refractivity (Wildman–Crippen MR) is 337 cm³/mol. The summed E-state index contributed by atoms with van der Waals surface area (Å²) in [5.74, 6) is 0. The van der Waals surface area contributed by atoms with Crippen LogP contribution in [0.25, 0.3) is 66.8 Å². The van der Waals surface area contributed by atoms with Crippen molar-refractivity contribution in [1.82, 2.24) is 0 Å². The number of fused-ring (bicyclic) bond motifs is 8. The number of nitrogens with zero attached hydrogens (tertiary/aromatic N) is 2. The van der Waals surface area contributed by atoms with E-state index in [-0.39, 0.29) is 21.7 Å². The van der Waals surface area contributed by atoms with Gasteiger partial charge in [-0.1, -0.05) is 225 Å². The molecule has 0 spiro atoms. The van der Waals surface area contributed by atoms with Crippen molar-refractivity contribution < 1.29 is 0 Å². The van der Waals surface area contributed by atoms with Crippen molar-refractivity contribution in [3.63, 3.8) is 0 Å². The van der Waals surface area contributed by atoms with Crippen molar-refractivity contribution in [2.75, 3.05) is 9.80 Å². The van der Waals surface area contributed by atoms with Crippen molar-refractivity contribution in [2.45, 2.75) is 77.0 Å². The number of rotatable bonds is 6. The fraction of sp³-hybridized carbons (Fsp3) is 0.154. The maximum Gasteiger partial charge on any atom is 0.0544 e. The molecule has 0 radical (unpaired) electrons. The Morgan fingerprint density at radius 2 is 0.375 bits per heavy atom. The Morgan fingerprint density at radius 3 is 0.600 bits per heavy atom. The molecule has 0 fully saturated rings. The molecule has 2 nitrogen and oxygen atoms in total. The van der Waals surface area contributed by atoms with Crippen LogP contribution in [0.5, 0.6) is 0 Å². The van der Waals surface area contributed by atoms with Crippen LogP contribution in [0.4, 0.5) is 34.1 Å². The lowest BCUT2D eigenvalue weighted by Gasteiger charge is -2.50. The number of anilines is 6. The molecule has 0 atom stereocenters. The average Bonchev–Trinajstić information content (AvgIpc) is 3.65. The summed E-state index contributed by atoms with van der Waals surface area (Å²) in [4.78, 5) is 5.19. The summed E-state index contributed by atoms with van der Waals surface area (Å²) in [6.07, 6.45) is 0. The summed E-state index contributed by atoms with van der Waals surface area (Å²) >= 11 is 0. The van der Waals surface area contributed by atoms with Crippen LogP contribution in [0.1, 0.15) is 99.9 Å². The first kappa shape index (κ1) is 48.2. The third-order valence-electron chi connectivity index (χ3n) is 19.0. The third kappa shape index (κ3) is 7.04. The monoisotopic (exact) mass is 1030 g/mol. The predicted octanol–water partition coefficient (Wildman–Crippen LogP) is 21.2. The van der Waals surface area contributed by atoms with E-state index in [1.165, 1.54) is 145 Å².